The van der Waals surface area contributed by atoms with Gasteiger partial charge in [-0.1, -0.05) is 0 Å². The highest BCUT2D eigenvalue weighted by molar-refractivity contribution is 5.91. The minimum atomic E-state index is -0.786. The lowest BCUT2D eigenvalue weighted by Gasteiger charge is -2.36. The lowest BCUT2D eigenvalue weighted by molar-refractivity contribution is -0.132. The summed E-state index contributed by atoms with van der Waals surface area (Å²) in [6, 6.07) is 0. The van der Waals surface area contributed by atoms with Crippen LogP contribution in [-0.2, 0) is 4.79 Å². The van der Waals surface area contributed by atoms with Crippen LogP contribution in [0, 0.1) is 0 Å². The van der Waals surface area contributed by atoms with Crippen molar-refractivity contribution in [2.45, 2.75) is 25.4 Å². The number of aliphatic hydroxyl groups is 1. The molecule has 1 aromatic rings. The zero-order valence-corrected chi connectivity index (χ0v) is 10.9. The van der Waals surface area contributed by atoms with Crippen LogP contribution in [0.3, 0.4) is 0 Å². The Kier molecular flexibility index (Phi) is 3.80. The summed E-state index contributed by atoms with van der Waals surface area (Å²) >= 11 is 0. The quantitative estimate of drug-likeness (QED) is 0.755. The molecule has 2 heterocycles. The van der Waals surface area contributed by atoms with Crippen LogP contribution in [0.15, 0.2) is 18.5 Å². The van der Waals surface area contributed by atoms with E-state index in [0.29, 0.717) is 18.7 Å². The second-order valence-electron chi connectivity index (χ2n) is 5.07. The SMILES string of the molecule is CC1(O)CCCN(C(=O)C=Cc2cnc(N)nc2)C1. The van der Waals surface area contributed by atoms with Crippen LogP contribution in [0.25, 0.3) is 6.08 Å². The fourth-order valence-electron chi connectivity index (χ4n) is 2.12. The molecule has 102 valence electrons. The zero-order chi connectivity index (χ0) is 13.9. The van der Waals surface area contributed by atoms with Crippen molar-refractivity contribution in [3.8, 4) is 0 Å². The van der Waals surface area contributed by atoms with Gasteiger partial charge < -0.3 is 15.7 Å². The molecular formula is C13H18N4O2. The number of carbonyl (C=O) groups is 1. The van der Waals surface area contributed by atoms with E-state index in [2.05, 4.69) is 9.97 Å². The van der Waals surface area contributed by atoms with Crippen molar-refractivity contribution in [1.29, 1.82) is 0 Å². The van der Waals surface area contributed by atoms with Crippen molar-refractivity contribution in [2.24, 2.45) is 0 Å². The number of nitrogen functional groups attached to an aromatic ring is 1. The molecule has 1 aliphatic rings. The molecule has 2 rings (SSSR count). The average Bonchev–Trinajstić information content (AvgIpc) is 2.36. The summed E-state index contributed by atoms with van der Waals surface area (Å²) in [5, 5.41) is 9.96. The highest BCUT2D eigenvalue weighted by Gasteiger charge is 2.29. The number of piperidine rings is 1. The molecule has 0 saturated carbocycles. The lowest BCUT2D eigenvalue weighted by Crippen LogP contribution is -2.48. The molecule has 19 heavy (non-hydrogen) atoms. The predicted octanol–water partition coefficient (Wildman–Crippen LogP) is 0.445. The number of carbonyl (C=O) groups excluding carboxylic acids is 1. The summed E-state index contributed by atoms with van der Waals surface area (Å²) in [6.07, 6.45) is 7.77. The van der Waals surface area contributed by atoms with Crippen molar-refractivity contribution in [3.63, 3.8) is 0 Å². The van der Waals surface area contributed by atoms with Gasteiger partial charge in [0.25, 0.3) is 0 Å². The van der Waals surface area contributed by atoms with E-state index in [9.17, 15) is 9.90 Å². The third-order valence-electron chi connectivity index (χ3n) is 3.10. The van der Waals surface area contributed by atoms with Crippen LogP contribution in [0.4, 0.5) is 5.95 Å². The highest BCUT2D eigenvalue weighted by atomic mass is 16.3. The first-order valence-electron chi connectivity index (χ1n) is 6.23. The third kappa shape index (κ3) is 3.75. The Morgan fingerprint density at radius 3 is 2.84 bits per heavy atom. The summed E-state index contributed by atoms with van der Waals surface area (Å²) in [7, 11) is 0. The molecule has 1 fully saturated rings. The number of β-amino-alcohol motifs (C(OH)–C–C–N with tert-alkyl or cyclic N) is 1. The van der Waals surface area contributed by atoms with E-state index >= 15 is 0 Å². The van der Waals surface area contributed by atoms with Gasteiger partial charge in [-0.15, -0.1) is 0 Å². The average molecular weight is 262 g/mol. The van der Waals surface area contributed by atoms with Crippen molar-refractivity contribution >= 4 is 17.9 Å². The molecule has 0 radical (unpaired) electrons. The van der Waals surface area contributed by atoms with E-state index in [1.807, 2.05) is 0 Å². The summed E-state index contributed by atoms with van der Waals surface area (Å²) in [5.41, 5.74) is 5.31. The molecule has 0 spiro atoms. The molecule has 0 bridgehead atoms. The zero-order valence-electron chi connectivity index (χ0n) is 10.9. The maximum atomic E-state index is 12.0. The standard InChI is InChI=1S/C13H18N4O2/c1-13(19)5-2-6-17(9-13)11(18)4-3-10-7-15-12(14)16-8-10/h3-4,7-8,19H,2,5-6,9H2,1H3,(H2,14,15,16). The van der Waals surface area contributed by atoms with E-state index in [4.69, 9.17) is 5.73 Å². The molecule has 1 aliphatic heterocycles. The van der Waals surface area contributed by atoms with Gasteiger partial charge in [-0.3, -0.25) is 4.79 Å². The summed E-state index contributed by atoms with van der Waals surface area (Å²) < 4.78 is 0. The number of nitrogens with two attached hydrogens (primary N) is 1. The smallest absolute Gasteiger partial charge is 0.246 e. The Morgan fingerprint density at radius 2 is 2.21 bits per heavy atom. The molecule has 3 N–H and O–H groups in total. The molecule has 0 aliphatic carbocycles. The van der Waals surface area contributed by atoms with Crippen LogP contribution < -0.4 is 5.73 Å². The van der Waals surface area contributed by atoms with Crippen LogP contribution in [0.1, 0.15) is 25.3 Å². The summed E-state index contributed by atoms with van der Waals surface area (Å²) in [5.74, 6) is 0.0901. The number of anilines is 1. The molecule has 1 aromatic heterocycles. The molecule has 1 amide bonds. The first-order valence-corrected chi connectivity index (χ1v) is 6.23. The molecule has 1 saturated heterocycles. The highest BCUT2D eigenvalue weighted by Crippen LogP contribution is 2.20. The topological polar surface area (TPSA) is 92.3 Å². The largest absolute Gasteiger partial charge is 0.388 e. The molecule has 1 atom stereocenters. The minimum Gasteiger partial charge on any atom is -0.388 e. The normalized spacial score (nSPS) is 23.8. The molecule has 6 nitrogen and oxygen atoms in total. The van der Waals surface area contributed by atoms with Gasteiger partial charge >= 0.3 is 0 Å². The number of amides is 1. The van der Waals surface area contributed by atoms with Crippen LogP contribution >= 0.6 is 0 Å². The van der Waals surface area contributed by atoms with Crippen molar-refractivity contribution < 1.29 is 9.90 Å². The predicted molar refractivity (Wildman–Crippen MR) is 71.9 cm³/mol. The Balaban J connectivity index is 1.98. The van der Waals surface area contributed by atoms with Gasteiger partial charge in [-0.05, 0) is 25.8 Å². The van der Waals surface area contributed by atoms with Crippen molar-refractivity contribution in [3.05, 3.63) is 24.0 Å². The Morgan fingerprint density at radius 1 is 1.53 bits per heavy atom. The Bertz CT molecular complexity index is 482. The van der Waals surface area contributed by atoms with Crippen molar-refractivity contribution in [2.75, 3.05) is 18.8 Å². The number of nitrogens with zero attached hydrogens (tertiary/aromatic N) is 3. The second kappa shape index (κ2) is 5.36. The van der Waals surface area contributed by atoms with Gasteiger partial charge in [-0.2, -0.15) is 0 Å². The fraction of sp³-hybridized carbons (Fsp3) is 0.462. The maximum absolute atomic E-state index is 12.0. The van der Waals surface area contributed by atoms with Crippen LogP contribution in [0.2, 0.25) is 0 Å². The number of aromatic nitrogens is 2. The first kappa shape index (κ1) is 13.5. The van der Waals surface area contributed by atoms with E-state index in [-0.39, 0.29) is 11.9 Å². The van der Waals surface area contributed by atoms with E-state index in [1.54, 1.807) is 30.3 Å². The van der Waals surface area contributed by atoms with E-state index in [0.717, 1.165) is 12.8 Å². The molecular weight excluding hydrogens is 244 g/mol. The lowest BCUT2D eigenvalue weighted by atomic mass is 9.95. The fourth-order valence-corrected chi connectivity index (χ4v) is 2.12. The van der Waals surface area contributed by atoms with Gasteiger partial charge in [0.2, 0.25) is 11.9 Å². The van der Waals surface area contributed by atoms with Gasteiger partial charge in [0, 0.05) is 37.1 Å². The molecule has 6 heteroatoms. The Hall–Kier alpha value is -1.95. The second-order valence-corrected chi connectivity index (χ2v) is 5.07. The molecule has 1 unspecified atom stereocenters. The van der Waals surface area contributed by atoms with Crippen LogP contribution in [-0.4, -0.2) is 44.6 Å². The van der Waals surface area contributed by atoms with E-state index < -0.39 is 5.60 Å². The van der Waals surface area contributed by atoms with Gasteiger partial charge in [0.05, 0.1) is 5.60 Å². The number of hydrogen-bond donors (Lipinski definition) is 2. The first-order chi connectivity index (χ1) is 8.96. The molecule has 0 aromatic carbocycles. The summed E-state index contributed by atoms with van der Waals surface area (Å²) in [6.45, 7) is 2.80. The number of likely N-dealkylation sites (tertiary alicyclic amines) is 1. The Labute approximate surface area is 112 Å². The maximum Gasteiger partial charge on any atom is 0.246 e. The number of hydrogen-bond acceptors (Lipinski definition) is 5. The van der Waals surface area contributed by atoms with E-state index in [1.165, 1.54) is 6.08 Å². The number of rotatable bonds is 2. The van der Waals surface area contributed by atoms with Crippen molar-refractivity contribution in [1.82, 2.24) is 14.9 Å². The third-order valence-corrected chi connectivity index (χ3v) is 3.10. The van der Waals surface area contributed by atoms with Gasteiger partial charge in [0.1, 0.15) is 0 Å². The van der Waals surface area contributed by atoms with Gasteiger partial charge in [0.15, 0.2) is 0 Å². The summed E-state index contributed by atoms with van der Waals surface area (Å²) in [4.78, 5) is 21.3. The van der Waals surface area contributed by atoms with Crippen LogP contribution in [0.5, 0.6) is 0 Å². The van der Waals surface area contributed by atoms with Gasteiger partial charge in [-0.25, -0.2) is 9.97 Å². The minimum absolute atomic E-state index is 0.114. The monoisotopic (exact) mass is 262 g/mol.